The number of guanidine groups is 1. The zero-order chi connectivity index (χ0) is 12.0. The molecule has 0 aromatic rings. The van der Waals surface area contributed by atoms with Crippen molar-refractivity contribution in [1.82, 2.24) is 15.5 Å². The van der Waals surface area contributed by atoms with Crippen molar-refractivity contribution in [3.8, 4) is 0 Å². The first-order chi connectivity index (χ1) is 7.63. The lowest BCUT2D eigenvalue weighted by atomic mass is 10.2. The summed E-state index contributed by atoms with van der Waals surface area (Å²) in [5.74, 6) is 0.179. The van der Waals surface area contributed by atoms with Crippen molar-refractivity contribution in [3.05, 3.63) is 0 Å². The molecule has 0 atom stereocenters. The van der Waals surface area contributed by atoms with Crippen molar-refractivity contribution < 1.29 is 9.59 Å². The third-order valence-electron chi connectivity index (χ3n) is 2.26. The highest BCUT2D eigenvalue weighted by atomic mass is 16.2. The van der Waals surface area contributed by atoms with Crippen molar-refractivity contribution in [2.45, 2.75) is 26.2 Å². The van der Waals surface area contributed by atoms with Crippen LogP contribution in [0.2, 0.25) is 0 Å². The second-order valence-electron chi connectivity index (χ2n) is 3.78. The average Bonchev–Trinajstić information content (AvgIpc) is 2.52. The van der Waals surface area contributed by atoms with Crippen LogP contribution in [0.25, 0.3) is 0 Å². The molecule has 2 N–H and O–H groups in total. The molecule has 1 rings (SSSR count). The highest BCUT2D eigenvalue weighted by Gasteiger charge is 2.21. The summed E-state index contributed by atoms with van der Waals surface area (Å²) in [6.45, 7) is 2.98. The Morgan fingerprint density at radius 2 is 2.31 bits per heavy atom. The molecule has 0 bridgehead atoms. The van der Waals surface area contributed by atoms with Crippen LogP contribution in [-0.2, 0) is 4.79 Å². The summed E-state index contributed by atoms with van der Waals surface area (Å²) in [5.41, 5.74) is 0. The molecule has 0 radical (unpaired) electrons. The van der Waals surface area contributed by atoms with Gasteiger partial charge in [0, 0.05) is 13.6 Å². The maximum Gasteiger partial charge on any atom is 0.344 e. The number of urea groups is 1. The zero-order valence-corrected chi connectivity index (χ0v) is 9.75. The molecular weight excluding hydrogens is 208 g/mol. The van der Waals surface area contributed by atoms with Gasteiger partial charge in [0.05, 0.1) is 6.54 Å². The zero-order valence-electron chi connectivity index (χ0n) is 9.75. The first-order valence-electron chi connectivity index (χ1n) is 5.51. The van der Waals surface area contributed by atoms with Crippen LogP contribution in [0.15, 0.2) is 4.99 Å². The number of aliphatic imine (C=N–C) groups is 1. The summed E-state index contributed by atoms with van der Waals surface area (Å²) in [6, 6.07) is -0.403. The minimum Gasteiger partial charge on any atom is -0.336 e. The molecule has 1 aliphatic rings. The molecule has 0 unspecified atom stereocenters. The van der Waals surface area contributed by atoms with Crippen molar-refractivity contribution >= 4 is 17.9 Å². The molecule has 0 aromatic heterocycles. The molecule has 0 spiro atoms. The lowest BCUT2D eigenvalue weighted by Gasteiger charge is -2.08. The Morgan fingerprint density at radius 1 is 1.56 bits per heavy atom. The molecule has 0 saturated carbocycles. The number of hydrogen-bond donors (Lipinski definition) is 2. The quantitative estimate of drug-likeness (QED) is 0.677. The van der Waals surface area contributed by atoms with Crippen molar-refractivity contribution in [3.63, 3.8) is 0 Å². The van der Waals surface area contributed by atoms with Crippen LogP contribution in [-0.4, -0.2) is 42.9 Å². The van der Waals surface area contributed by atoms with E-state index >= 15 is 0 Å². The predicted molar refractivity (Wildman–Crippen MR) is 61.1 cm³/mol. The van der Waals surface area contributed by atoms with Gasteiger partial charge in [0.25, 0.3) is 0 Å². The second-order valence-corrected chi connectivity index (χ2v) is 3.78. The molecule has 3 amide bonds. The van der Waals surface area contributed by atoms with Gasteiger partial charge in [-0.1, -0.05) is 19.8 Å². The normalized spacial score (nSPS) is 17.8. The largest absolute Gasteiger partial charge is 0.344 e. The Balaban J connectivity index is 2.32. The van der Waals surface area contributed by atoms with Crippen LogP contribution in [0.5, 0.6) is 0 Å². The molecule has 1 fully saturated rings. The van der Waals surface area contributed by atoms with E-state index in [1.54, 1.807) is 11.9 Å². The topological polar surface area (TPSA) is 73.8 Å². The summed E-state index contributed by atoms with van der Waals surface area (Å²) in [4.78, 5) is 27.7. The minimum atomic E-state index is -0.403. The molecular formula is C10H18N4O2. The van der Waals surface area contributed by atoms with E-state index in [4.69, 9.17) is 0 Å². The van der Waals surface area contributed by atoms with Crippen LogP contribution in [0.1, 0.15) is 26.2 Å². The number of rotatable bonds is 4. The van der Waals surface area contributed by atoms with E-state index in [2.05, 4.69) is 22.5 Å². The standard InChI is InChI=1S/C10H18N4O2/c1-3-4-5-6-11-10(16)13-9-12-8(15)7-14(9)2/h3-7H2,1-2H3,(H2,11,12,13,15,16). The van der Waals surface area contributed by atoms with Crippen LogP contribution >= 0.6 is 0 Å². The van der Waals surface area contributed by atoms with Gasteiger partial charge in [-0.05, 0) is 6.42 Å². The Kier molecular flexibility index (Phi) is 4.75. The Bertz CT molecular complexity index is 301. The summed E-state index contributed by atoms with van der Waals surface area (Å²) in [6.07, 6.45) is 3.16. The molecule has 1 heterocycles. The average molecular weight is 226 g/mol. The Morgan fingerprint density at radius 3 is 2.88 bits per heavy atom. The summed E-state index contributed by atoms with van der Waals surface area (Å²) < 4.78 is 0. The number of carbonyl (C=O) groups is 2. The van der Waals surface area contributed by atoms with E-state index in [9.17, 15) is 9.59 Å². The minimum absolute atomic E-state index is 0.139. The van der Waals surface area contributed by atoms with E-state index in [-0.39, 0.29) is 12.5 Å². The van der Waals surface area contributed by atoms with Gasteiger partial charge in [0.1, 0.15) is 0 Å². The third-order valence-corrected chi connectivity index (χ3v) is 2.26. The third kappa shape index (κ3) is 3.88. The number of nitrogens with zero attached hydrogens (tertiary/aromatic N) is 2. The second kappa shape index (κ2) is 6.09. The van der Waals surface area contributed by atoms with Crippen LogP contribution in [0, 0.1) is 0 Å². The molecule has 6 heteroatoms. The Hall–Kier alpha value is -1.59. The number of amides is 3. The van der Waals surface area contributed by atoms with E-state index in [1.165, 1.54) is 0 Å². The van der Waals surface area contributed by atoms with E-state index in [0.29, 0.717) is 12.5 Å². The highest BCUT2D eigenvalue weighted by Crippen LogP contribution is 1.95. The van der Waals surface area contributed by atoms with Crippen LogP contribution in [0.3, 0.4) is 0 Å². The van der Waals surface area contributed by atoms with Gasteiger partial charge in [-0.2, -0.15) is 4.99 Å². The summed E-state index contributed by atoms with van der Waals surface area (Å²) in [7, 11) is 1.71. The van der Waals surface area contributed by atoms with Crippen molar-refractivity contribution in [1.29, 1.82) is 0 Å². The maximum absolute atomic E-state index is 11.3. The van der Waals surface area contributed by atoms with Crippen molar-refractivity contribution in [2.24, 2.45) is 4.99 Å². The van der Waals surface area contributed by atoms with Gasteiger partial charge in [0.2, 0.25) is 11.9 Å². The van der Waals surface area contributed by atoms with Gasteiger partial charge in [0.15, 0.2) is 0 Å². The number of unbranched alkanes of at least 4 members (excludes halogenated alkanes) is 2. The monoisotopic (exact) mass is 226 g/mol. The van der Waals surface area contributed by atoms with E-state index in [0.717, 1.165) is 19.3 Å². The van der Waals surface area contributed by atoms with Crippen LogP contribution < -0.4 is 10.6 Å². The SMILES string of the molecule is CCCCCNC(=O)N=C1NC(=O)CN1C. The van der Waals surface area contributed by atoms with E-state index < -0.39 is 6.03 Å². The van der Waals surface area contributed by atoms with Gasteiger partial charge in [-0.3, -0.25) is 10.1 Å². The highest BCUT2D eigenvalue weighted by molar-refractivity contribution is 6.07. The summed E-state index contributed by atoms with van der Waals surface area (Å²) in [5, 5.41) is 5.19. The number of carbonyl (C=O) groups excluding carboxylic acids is 2. The number of nitrogens with one attached hydrogen (secondary N) is 2. The van der Waals surface area contributed by atoms with Gasteiger partial charge in [-0.15, -0.1) is 0 Å². The fourth-order valence-electron chi connectivity index (χ4n) is 1.37. The molecule has 0 aliphatic carbocycles. The molecule has 90 valence electrons. The molecule has 0 aromatic carbocycles. The fraction of sp³-hybridized carbons (Fsp3) is 0.700. The molecule has 16 heavy (non-hydrogen) atoms. The predicted octanol–water partition coefficient (Wildman–Crippen LogP) is 0.304. The maximum atomic E-state index is 11.3. The smallest absolute Gasteiger partial charge is 0.336 e. The Labute approximate surface area is 95.1 Å². The van der Waals surface area contributed by atoms with Gasteiger partial charge < -0.3 is 10.2 Å². The van der Waals surface area contributed by atoms with Crippen LogP contribution in [0.4, 0.5) is 4.79 Å². The lowest BCUT2D eigenvalue weighted by molar-refractivity contribution is -0.118. The molecule has 6 nitrogen and oxygen atoms in total. The first kappa shape index (κ1) is 12.5. The number of likely N-dealkylation sites (N-methyl/N-ethyl adjacent to an activating group) is 1. The lowest BCUT2D eigenvalue weighted by Crippen LogP contribution is -2.31. The number of hydrogen-bond acceptors (Lipinski definition) is 2. The van der Waals surface area contributed by atoms with E-state index in [1.807, 2.05) is 0 Å². The van der Waals surface area contributed by atoms with Gasteiger partial charge >= 0.3 is 6.03 Å². The van der Waals surface area contributed by atoms with Gasteiger partial charge in [-0.25, -0.2) is 4.79 Å². The molecule has 1 aliphatic heterocycles. The first-order valence-corrected chi connectivity index (χ1v) is 5.51. The van der Waals surface area contributed by atoms with Crippen molar-refractivity contribution in [2.75, 3.05) is 20.1 Å². The molecule has 1 saturated heterocycles. The summed E-state index contributed by atoms with van der Waals surface area (Å²) >= 11 is 0. The fourth-order valence-corrected chi connectivity index (χ4v) is 1.37.